The number of ether oxygens (including phenoxy) is 1. The molecule has 0 bridgehead atoms. The maximum Gasteiger partial charge on any atom is 0.321 e. The molecule has 0 atom stereocenters. The Hall–Kier alpha value is -2.83. The number of methoxy groups -OCH3 is 1. The Balaban J connectivity index is 1.56. The number of hydrogen-bond donors (Lipinski definition) is 1. The average molecular weight is 313 g/mol. The van der Waals surface area contributed by atoms with Crippen LogP contribution in [0.15, 0.2) is 42.9 Å². The number of carbonyl (C=O) groups is 1. The van der Waals surface area contributed by atoms with E-state index in [9.17, 15) is 4.79 Å². The highest BCUT2D eigenvalue weighted by Gasteiger charge is 2.22. The van der Waals surface area contributed by atoms with E-state index in [0.29, 0.717) is 13.1 Å². The molecule has 7 nitrogen and oxygen atoms in total. The van der Waals surface area contributed by atoms with Crippen LogP contribution in [-0.4, -0.2) is 54.2 Å². The van der Waals surface area contributed by atoms with Gasteiger partial charge in [0.1, 0.15) is 11.6 Å². The third kappa shape index (κ3) is 3.68. The van der Waals surface area contributed by atoms with E-state index >= 15 is 0 Å². The largest absolute Gasteiger partial charge is 0.497 e. The fourth-order valence-corrected chi connectivity index (χ4v) is 2.50. The van der Waals surface area contributed by atoms with Gasteiger partial charge in [-0.2, -0.15) is 0 Å². The van der Waals surface area contributed by atoms with Gasteiger partial charge in [-0.3, -0.25) is 4.98 Å². The molecule has 1 aromatic carbocycles. The highest BCUT2D eigenvalue weighted by molar-refractivity contribution is 5.89. The number of piperazine rings is 1. The zero-order chi connectivity index (χ0) is 16.1. The molecule has 1 N–H and O–H groups in total. The quantitative estimate of drug-likeness (QED) is 0.936. The molecule has 2 heterocycles. The molecule has 0 unspecified atom stereocenters. The van der Waals surface area contributed by atoms with E-state index < -0.39 is 0 Å². The highest BCUT2D eigenvalue weighted by atomic mass is 16.5. The summed E-state index contributed by atoms with van der Waals surface area (Å²) in [4.78, 5) is 24.6. The first-order chi connectivity index (χ1) is 11.3. The minimum absolute atomic E-state index is 0.1000. The van der Waals surface area contributed by atoms with Crippen molar-refractivity contribution in [2.24, 2.45) is 0 Å². The topological polar surface area (TPSA) is 70.6 Å². The van der Waals surface area contributed by atoms with Crippen molar-refractivity contribution in [2.45, 2.75) is 0 Å². The maximum atomic E-state index is 12.3. The van der Waals surface area contributed by atoms with Gasteiger partial charge in [-0.05, 0) is 12.1 Å². The first-order valence-electron chi connectivity index (χ1n) is 7.47. The summed E-state index contributed by atoms with van der Waals surface area (Å²) in [7, 11) is 1.60. The van der Waals surface area contributed by atoms with E-state index in [1.165, 1.54) is 0 Å². The van der Waals surface area contributed by atoms with E-state index in [2.05, 4.69) is 20.2 Å². The van der Waals surface area contributed by atoms with Crippen LogP contribution in [0, 0.1) is 0 Å². The lowest BCUT2D eigenvalue weighted by atomic mass is 10.3. The smallest absolute Gasteiger partial charge is 0.321 e. The second-order valence-electron chi connectivity index (χ2n) is 5.20. The van der Waals surface area contributed by atoms with E-state index in [0.717, 1.165) is 30.3 Å². The van der Waals surface area contributed by atoms with Gasteiger partial charge in [0.25, 0.3) is 0 Å². The normalized spacial score (nSPS) is 14.5. The number of anilines is 2. The van der Waals surface area contributed by atoms with Gasteiger partial charge < -0.3 is 19.9 Å². The molecular formula is C16H19N5O2. The van der Waals surface area contributed by atoms with Crippen LogP contribution in [0.2, 0.25) is 0 Å². The number of nitrogens with one attached hydrogen (secondary N) is 1. The second kappa shape index (κ2) is 6.95. The van der Waals surface area contributed by atoms with Crippen molar-refractivity contribution < 1.29 is 9.53 Å². The van der Waals surface area contributed by atoms with Crippen LogP contribution >= 0.6 is 0 Å². The van der Waals surface area contributed by atoms with Gasteiger partial charge in [-0.1, -0.05) is 6.07 Å². The Morgan fingerprint density at radius 2 is 2.04 bits per heavy atom. The minimum atomic E-state index is -0.1000. The van der Waals surface area contributed by atoms with Crippen LogP contribution in [0.25, 0.3) is 0 Å². The number of carbonyl (C=O) groups excluding carboxylic acids is 1. The summed E-state index contributed by atoms with van der Waals surface area (Å²) in [5, 5.41) is 2.90. The molecule has 0 aliphatic carbocycles. The van der Waals surface area contributed by atoms with Gasteiger partial charge in [0.05, 0.1) is 13.3 Å². The molecule has 7 heteroatoms. The molecular weight excluding hydrogens is 294 g/mol. The summed E-state index contributed by atoms with van der Waals surface area (Å²) in [5.74, 6) is 1.57. The number of amides is 2. The average Bonchev–Trinajstić information content (AvgIpc) is 2.63. The fourth-order valence-electron chi connectivity index (χ4n) is 2.50. The van der Waals surface area contributed by atoms with E-state index in [1.807, 2.05) is 18.2 Å². The van der Waals surface area contributed by atoms with Crippen molar-refractivity contribution in [2.75, 3.05) is 43.5 Å². The summed E-state index contributed by atoms with van der Waals surface area (Å²) in [6, 6.07) is 7.23. The lowest BCUT2D eigenvalue weighted by molar-refractivity contribution is 0.208. The minimum Gasteiger partial charge on any atom is -0.497 e. The molecule has 2 aromatic rings. The van der Waals surface area contributed by atoms with E-state index in [1.54, 1.807) is 36.7 Å². The van der Waals surface area contributed by atoms with Crippen LogP contribution in [-0.2, 0) is 0 Å². The molecule has 1 saturated heterocycles. The van der Waals surface area contributed by atoms with Crippen molar-refractivity contribution in [3.8, 4) is 5.75 Å². The Morgan fingerprint density at radius 1 is 1.22 bits per heavy atom. The number of benzene rings is 1. The molecule has 1 aliphatic heterocycles. The molecule has 0 radical (unpaired) electrons. The fraction of sp³-hybridized carbons (Fsp3) is 0.312. The Labute approximate surface area is 134 Å². The predicted molar refractivity (Wildman–Crippen MR) is 87.8 cm³/mol. The summed E-state index contributed by atoms with van der Waals surface area (Å²) >= 11 is 0. The predicted octanol–water partition coefficient (Wildman–Crippen LogP) is 1.84. The SMILES string of the molecule is COc1cccc(NC(=O)N2CCN(c3cnccn3)CC2)c1. The number of urea groups is 1. The van der Waals surface area contributed by atoms with Crippen LogP contribution in [0.4, 0.5) is 16.3 Å². The first-order valence-corrected chi connectivity index (χ1v) is 7.47. The van der Waals surface area contributed by atoms with Crippen molar-refractivity contribution in [1.82, 2.24) is 14.9 Å². The standard InChI is InChI=1S/C16H19N5O2/c1-23-14-4-2-3-13(11-14)19-16(22)21-9-7-20(8-10-21)15-12-17-5-6-18-15/h2-6,11-12H,7-10H2,1H3,(H,19,22). The van der Waals surface area contributed by atoms with Gasteiger partial charge in [-0.15, -0.1) is 0 Å². The van der Waals surface area contributed by atoms with Crippen molar-refractivity contribution >= 4 is 17.5 Å². The summed E-state index contributed by atoms with van der Waals surface area (Å²) in [5.41, 5.74) is 0.728. The summed E-state index contributed by atoms with van der Waals surface area (Å²) in [6.45, 7) is 2.77. The number of nitrogens with zero attached hydrogens (tertiary/aromatic N) is 4. The van der Waals surface area contributed by atoms with Crippen molar-refractivity contribution in [3.05, 3.63) is 42.9 Å². The van der Waals surface area contributed by atoms with Crippen molar-refractivity contribution in [1.29, 1.82) is 0 Å². The zero-order valence-electron chi connectivity index (χ0n) is 13.0. The lowest BCUT2D eigenvalue weighted by Crippen LogP contribution is -2.50. The Kier molecular flexibility index (Phi) is 4.56. The van der Waals surface area contributed by atoms with Gasteiger partial charge in [0.15, 0.2) is 0 Å². The molecule has 2 amide bonds. The van der Waals surface area contributed by atoms with E-state index in [-0.39, 0.29) is 6.03 Å². The van der Waals surface area contributed by atoms with Gasteiger partial charge in [-0.25, -0.2) is 9.78 Å². The van der Waals surface area contributed by atoms with Crippen LogP contribution in [0.3, 0.4) is 0 Å². The first kappa shape index (κ1) is 15.1. The maximum absolute atomic E-state index is 12.3. The van der Waals surface area contributed by atoms with Crippen molar-refractivity contribution in [3.63, 3.8) is 0 Å². The molecule has 3 rings (SSSR count). The zero-order valence-corrected chi connectivity index (χ0v) is 13.0. The van der Waals surface area contributed by atoms with Gasteiger partial charge in [0.2, 0.25) is 0 Å². The van der Waals surface area contributed by atoms with E-state index in [4.69, 9.17) is 4.74 Å². The molecule has 0 spiro atoms. The molecule has 1 aliphatic rings. The lowest BCUT2D eigenvalue weighted by Gasteiger charge is -2.35. The molecule has 1 fully saturated rings. The highest BCUT2D eigenvalue weighted by Crippen LogP contribution is 2.18. The molecule has 1 aromatic heterocycles. The Bertz CT molecular complexity index is 657. The van der Waals surface area contributed by atoms with Crippen LogP contribution < -0.4 is 15.0 Å². The van der Waals surface area contributed by atoms with Gasteiger partial charge in [0, 0.05) is 50.3 Å². The number of rotatable bonds is 3. The summed E-state index contributed by atoms with van der Waals surface area (Å²) < 4.78 is 5.16. The molecule has 23 heavy (non-hydrogen) atoms. The monoisotopic (exact) mass is 313 g/mol. The Morgan fingerprint density at radius 3 is 2.74 bits per heavy atom. The molecule has 0 saturated carbocycles. The number of aromatic nitrogens is 2. The van der Waals surface area contributed by atoms with Crippen LogP contribution in [0.5, 0.6) is 5.75 Å². The third-order valence-corrected chi connectivity index (χ3v) is 3.76. The second-order valence-corrected chi connectivity index (χ2v) is 5.20. The molecule has 120 valence electrons. The summed E-state index contributed by atoms with van der Waals surface area (Å²) in [6.07, 6.45) is 5.07. The van der Waals surface area contributed by atoms with Gasteiger partial charge >= 0.3 is 6.03 Å². The number of hydrogen-bond acceptors (Lipinski definition) is 5. The van der Waals surface area contributed by atoms with Crippen LogP contribution in [0.1, 0.15) is 0 Å². The third-order valence-electron chi connectivity index (χ3n) is 3.76.